The lowest BCUT2D eigenvalue weighted by atomic mass is 9.94. The van der Waals surface area contributed by atoms with Crippen molar-refractivity contribution in [3.8, 4) is 22.8 Å². The first kappa shape index (κ1) is 25.5. The molecule has 0 saturated carbocycles. The highest BCUT2D eigenvalue weighted by Gasteiger charge is 2.47. The quantitative estimate of drug-likeness (QED) is 0.347. The number of para-hydroxylation sites is 1. The molecule has 1 N–H and O–H groups in total. The second-order valence-electron chi connectivity index (χ2n) is 9.36. The van der Waals surface area contributed by atoms with Crippen LogP contribution in [0.15, 0.2) is 72.1 Å². The molecule has 2 aromatic heterocycles. The number of rotatable bonds is 9. The molecule has 0 fully saturated rings. The number of carbonyl (C=O) groups excluding carboxylic acids is 2. The number of nitrogens with one attached hydrogen (secondary N) is 1. The molecular formula is C29H30N4O4S. The highest BCUT2D eigenvalue weighted by atomic mass is 32.1. The molecule has 0 radical (unpaired) electrons. The number of hydrogen-bond donors (Lipinski definition) is 1. The molecule has 1 aliphatic rings. The Morgan fingerprint density at radius 1 is 1.08 bits per heavy atom. The van der Waals surface area contributed by atoms with E-state index in [1.165, 1.54) is 0 Å². The average Bonchev–Trinajstić information content (AvgIpc) is 3.62. The Balaban J connectivity index is 1.45. The van der Waals surface area contributed by atoms with Crippen LogP contribution < -0.4 is 14.8 Å². The molecule has 0 aliphatic carbocycles. The van der Waals surface area contributed by atoms with Crippen molar-refractivity contribution in [3.05, 3.63) is 88.2 Å². The smallest absolute Gasteiger partial charge is 0.273 e. The topological polar surface area (TPSA) is 85.7 Å². The molecule has 2 aromatic carbocycles. The maximum Gasteiger partial charge on any atom is 0.273 e. The fraction of sp³-hybridized carbons (Fsp3) is 0.276. The maximum atomic E-state index is 13.9. The van der Waals surface area contributed by atoms with Gasteiger partial charge >= 0.3 is 0 Å². The average molecular weight is 531 g/mol. The molecule has 5 rings (SSSR count). The van der Waals surface area contributed by atoms with Gasteiger partial charge in [0.1, 0.15) is 22.7 Å². The van der Waals surface area contributed by atoms with Gasteiger partial charge in [-0.2, -0.15) is 5.10 Å². The predicted octanol–water partition coefficient (Wildman–Crippen LogP) is 4.40. The Bertz CT molecular complexity index is 1430. The third-order valence-electron chi connectivity index (χ3n) is 6.97. The molecule has 4 aromatic rings. The van der Waals surface area contributed by atoms with Crippen LogP contribution in [0.25, 0.3) is 11.3 Å². The molecular weight excluding hydrogens is 500 g/mol. The minimum Gasteiger partial charge on any atom is -0.497 e. The second-order valence-corrected chi connectivity index (χ2v) is 10.4. The summed E-state index contributed by atoms with van der Waals surface area (Å²) in [5.41, 5.74) is 1.74. The minimum absolute atomic E-state index is 0.213. The number of fused-ring (bicyclic) bond motifs is 1. The van der Waals surface area contributed by atoms with E-state index in [2.05, 4.69) is 5.32 Å². The van der Waals surface area contributed by atoms with Gasteiger partial charge in [-0.05, 0) is 61.2 Å². The van der Waals surface area contributed by atoms with Gasteiger partial charge in [0.25, 0.3) is 5.91 Å². The number of nitrogens with zero attached hydrogens (tertiary/aromatic N) is 3. The molecule has 1 unspecified atom stereocenters. The lowest BCUT2D eigenvalue weighted by Crippen LogP contribution is -2.64. The summed E-state index contributed by atoms with van der Waals surface area (Å²) in [4.78, 5) is 30.5. The van der Waals surface area contributed by atoms with Gasteiger partial charge in [-0.1, -0.05) is 24.3 Å². The first-order valence-corrected chi connectivity index (χ1v) is 13.3. The van der Waals surface area contributed by atoms with Crippen molar-refractivity contribution in [3.63, 3.8) is 0 Å². The van der Waals surface area contributed by atoms with E-state index in [1.54, 1.807) is 41.2 Å². The molecule has 8 nitrogen and oxygen atoms in total. The summed E-state index contributed by atoms with van der Waals surface area (Å²) in [5, 5.41) is 9.79. The van der Waals surface area contributed by atoms with Crippen LogP contribution in [0.5, 0.6) is 11.5 Å². The molecule has 0 spiro atoms. The van der Waals surface area contributed by atoms with Crippen LogP contribution in [0.2, 0.25) is 0 Å². The van der Waals surface area contributed by atoms with Gasteiger partial charge in [0.15, 0.2) is 0 Å². The van der Waals surface area contributed by atoms with Crippen LogP contribution in [0.3, 0.4) is 0 Å². The Labute approximate surface area is 225 Å². The Kier molecular flexibility index (Phi) is 7.20. The highest BCUT2D eigenvalue weighted by molar-refractivity contribution is 7.09. The number of benzene rings is 2. The summed E-state index contributed by atoms with van der Waals surface area (Å²) in [6, 6.07) is 20.9. The normalized spacial score (nSPS) is 16.7. The highest BCUT2D eigenvalue weighted by Crippen LogP contribution is 2.31. The molecule has 1 atom stereocenters. The van der Waals surface area contributed by atoms with Crippen LogP contribution in [-0.4, -0.2) is 52.8 Å². The first-order chi connectivity index (χ1) is 18.4. The fourth-order valence-electron chi connectivity index (χ4n) is 4.79. The second kappa shape index (κ2) is 10.7. The third-order valence-corrected chi connectivity index (χ3v) is 7.90. The molecule has 1 aliphatic heterocycles. The fourth-order valence-corrected chi connectivity index (χ4v) is 5.48. The van der Waals surface area contributed by atoms with E-state index in [-0.39, 0.29) is 24.9 Å². The monoisotopic (exact) mass is 530 g/mol. The van der Waals surface area contributed by atoms with E-state index in [4.69, 9.17) is 14.6 Å². The number of aromatic nitrogens is 2. The van der Waals surface area contributed by atoms with E-state index in [1.807, 2.05) is 73.0 Å². The zero-order valence-corrected chi connectivity index (χ0v) is 22.5. The van der Waals surface area contributed by atoms with Crippen molar-refractivity contribution in [1.29, 1.82) is 0 Å². The van der Waals surface area contributed by atoms with Gasteiger partial charge in [-0.25, -0.2) is 0 Å². The van der Waals surface area contributed by atoms with Crippen molar-refractivity contribution >= 4 is 23.2 Å². The van der Waals surface area contributed by atoms with Crippen molar-refractivity contribution in [2.75, 3.05) is 20.8 Å². The lowest BCUT2D eigenvalue weighted by Gasteiger charge is -2.43. The maximum absolute atomic E-state index is 13.9. The first-order valence-electron chi connectivity index (χ1n) is 12.4. The van der Waals surface area contributed by atoms with Gasteiger partial charge < -0.3 is 19.7 Å². The zero-order chi connectivity index (χ0) is 26.7. The van der Waals surface area contributed by atoms with Gasteiger partial charge in [0, 0.05) is 29.1 Å². The van der Waals surface area contributed by atoms with Crippen LogP contribution in [0.1, 0.15) is 27.9 Å². The summed E-state index contributed by atoms with van der Waals surface area (Å²) >= 11 is 1.64. The molecule has 3 heterocycles. The molecule has 2 amide bonds. The van der Waals surface area contributed by atoms with Gasteiger partial charge in [-0.3, -0.25) is 14.3 Å². The van der Waals surface area contributed by atoms with E-state index < -0.39 is 5.54 Å². The summed E-state index contributed by atoms with van der Waals surface area (Å²) in [7, 11) is 3.22. The number of ether oxygens (including phenoxy) is 2. The number of hydrogen-bond acceptors (Lipinski definition) is 6. The molecule has 196 valence electrons. The number of methoxy groups -OCH3 is 2. The number of carbonyl (C=O) groups is 2. The van der Waals surface area contributed by atoms with E-state index in [0.29, 0.717) is 30.1 Å². The molecule has 0 bridgehead atoms. The minimum atomic E-state index is -1.13. The Hall–Kier alpha value is -4.11. The van der Waals surface area contributed by atoms with Crippen LogP contribution >= 0.6 is 11.3 Å². The molecule has 9 heteroatoms. The van der Waals surface area contributed by atoms with E-state index in [0.717, 1.165) is 21.8 Å². The van der Waals surface area contributed by atoms with Crippen LogP contribution in [0, 0.1) is 0 Å². The van der Waals surface area contributed by atoms with Crippen LogP contribution in [-0.2, 0) is 24.3 Å². The standard InChI is InChI=1S/C29H30N4O4S/c1-29(28(35)30-18-21-7-4-5-9-26(21)37-3)19-33-25(27(34)32(29)15-14-23-8-6-16-38-23)17-24(31-33)20-10-12-22(36-2)13-11-20/h4-13,16-17H,14-15,18-19H2,1-3H3,(H,30,35). The van der Waals surface area contributed by atoms with Crippen molar-refractivity contribution in [1.82, 2.24) is 20.0 Å². The summed E-state index contributed by atoms with van der Waals surface area (Å²) in [6.45, 7) is 2.76. The van der Waals surface area contributed by atoms with Crippen molar-refractivity contribution < 1.29 is 19.1 Å². The van der Waals surface area contributed by atoms with E-state index >= 15 is 0 Å². The number of amides is 2. The molecule has 38 heavy (non-hydrogen) atoms. The predicted molar refractivity (Wildman–Crippen MR) is 147 cm³/mol. The number of thiophene rings is 1. The van der Waals surface area contributed by atoms with E-state index in [9.17, 15) is 9.59 Å². The lowest BCUT2D eigenvalue weighted by molar-refractivity contribution is -0.133. The zero-order valence-electron chi connectivity index (χ0n) is 21.6. The van der Waals surface area contributed by atoms with Gasteiger partial charge in [0.2, 0.25) is 5.91 Å². The summed E-state index contributed by atoms with van der Waals surface area (Å²) in [5.74, 6) is 0.989. The van der Waals surface area contributed by atoms with Gasteiger partial charge in [-0.15, -0.1) is 11.3 Å². The largest absolute Gasteiger partial charge is 0.497 e. The Morgan fingerprint density at radius 2 is 1.87 bits per heavy atom. The Morgan fingerprint density at radius 3 is 2.58 bits per heavy atom. The summed E-state index contributed by atoms with van der Waals surface area (Å²) < 4.78 is 12.4. The van der Waals surface area contributed by atoms with Gasteiger partial charge in [0.05, 0.1) is 26.5 Å². The molecule has 0 saturated heterocycles. The third kappa shape index (κ3) is 4.89. The summed E-state index contributed by atoms with van der Waals surface area (Å²) in [6.07, 6.45) is 0.665. The SMILES string of the molecule is COc1ccc(-c2cc3n(n2)CC(C)(C(=O)NCc2ccccc2OC)N(CCc2cccs2)C3=O)cc1. The van der Waals surface area contributed by atoms with Crippen molar-refractivity contribution in [2.45, 2.75) is 32.0 Å². The van der Waals surface area contributed by atoms with Crippen molar-refractivity contribution in [2.24, 2.45) is 0 Å². The van der Waals surface area contributed by atoms with Crippen LogP contribution in [0.4, 0.5) is 0 Å².